The summed E-state index contributed by atoms with van der Waals surface area (Å²) in [6.45, 7) is 5.42. The second-order valence-electron chi connectivity index (χ2n) is 6.57. The molecule has 4 nitrogen and oxygen atoms in total. The van der Waals surface area contributed by atoms with Crippen molar-refractivity contribution < 1.29 is 9.59 Å². The number of aryl methyl sites for hydroxylation is 1. The number of anilines is 1. The number of rotatable bonds is 5. The predicted molar refractivity (Wildman–Crippen MR) is 107 cm³/mol. The lowest BCUT2D eigenvalue weighted by Crippen LogP contribution is -2.31. The fourth-order valence-corrected chi connectivity index (χ4v) is 3.91. The molecule has 0 atom stereocenters. The number of nitrogens with zero attached hydrogens (tertiary/aromatic N) is 1. The van der Waals surface area contributed by atoms with Gasteiger partial charge in [-0.15, -0.1) is 11.8 Å². The van der Waals surface area contributed by atoms with E-state index in [0.29, 0.717) is 25.1 Å². The normalized spacial score (nSPS) is 13.5. The van der Waals surface area contributed by atoms with E-state index in [0.717, 1.165) is 28.3 Å². The van der Waals surface area contributed by atoms with Crippen molar-refractivity contribution in [1.82, 2.24) is 4.90 Å². The fraction of sp³-hybridized carbons (Fsp3) is 0.333. The van der Waals surface area contributed by atoms with Gasteiger partial charge in [-0.1, -0.05) is 36.8 Å². The van der Waals surface area contributed by atoms with Crippen LogP contribution in [0.5, 0.6) is 0 Å². The molecule has 26 heavy (non-hydrogen) atoms. The Labute approximate surface area is 159 Å². The van der Waals surface area contributed by atoms with Crippen LogP contribution in [0, 0.1) is 6.92 Å². The summed E-state index contributed by atoms with van der Waals surface area (Å²) in [5.74, 6) is 0.770. The highest BCUT2D eigenvalue weighted by molar-refractivity contribution is 7.99. The van der Waals surface area contributed by atoms with Crippen LogP contribution in [0.3, 0.4) is 0 Å². The number of amides is 2. The van der Waals surface area contributed by atoms with E-state index in [9.17, 15) is 9.59 Å². The first kappa shape index (κ1) is 18.5. The molecule has 0 aliphatic carbocycles. The van der Waals surface area contributed by atoms with Crippen molar-refractivity contribution in [3.63, 3.8) is 0 Å². The number of thioether (sulfide) groups is 1. The number of hydrogen-bond donors (Lipinski definition) is 1. The van der Waals surface area contributed by atoms with Crippen LogP contribution in [0.2, 0.25) is 0 Å². The summed E-state index contributed by atoms with van der Waals surface area (Å²) in [5.41, 5.74) is 3.69. The Morgan fingerprint density at radius 2 is 1.96 bits per heavy atom. The minimum absolute atomic E-state index is 0.00118. The zero-order valence-corrected chi connectivity index (χ0v) is 16.1. The second-order valence-corrected chi connectivity index (χ2v) is 7.71. The third-order valence-electron chi connectivity index (χ3n) is 4.36. The van der Waals surface area contributed by atoms with Gasteiger partial charge in [-0.25, -0.2) is 0 Å². The van der Waals surface area contributed by atoms with Crippen molar-refractivity contribution in [1.29, 1.82) is 0 Å². The third kappa shape index (κ3) is 4.47. The van der Waals surface area contributed by atoms with E-state index in [1.165, 1.54) is 5.56 Å². The van der Waals surface area contributed by atoms with E-state index in [1.54, 1.807) is 11.8 Å². The number of nitrogens with one attached hydrogen (secondary N) is 1. The summed E-state index contributed by atoms with van der Waals surface area (Å²) < 4.78 is 0. The quantitative estimate of drug-likeness (QED) is 0.846. The fourth-order valence-electron chi connectivity index (χ4n) is 2.97. The van der Waals surface area contributed by atoms with Gasteiger partial charge in [-0.05, 0) is 37.1 Å². The van der Waals surface area contributed by atoms with Gasteiger partial charge in [0.2, 0.25) is 5.91 Å². The Kier molecular flexibility index (Phi) is 5.99. The van der Waals surface area contributed by atoms with Gasteiger partial charge in [0.25, 0.3) is 5.91 Å². The molecule has 5 heteroatoms. The minimum atomic E-state index is -0.00118. The van der Waals surface area contributed by atoms with Crippen molar-refractivity contribution in [2.24, 2.45) is 0 Å². The molecule has 0 unspecified atom stereocenters. The summed E-state index contributed by atoms with van der Waals surface area (Å²) >= 11 is 1.65. The van der Waals surface area contributed by atoms with Gasteiger partial charge in [-0.2, -0.15) is 0 Å². The smallest absolute Gasteiger partial charge is 0.254 e. The maximum absolute atomic E-state index is 13.1. The molecule has 0 aromatic heterocycles. The summed E-state index contributed by atoms with van der Waals surface area (Å²) in [4.78, 5) is 27.8. The minimum Gasteiger partial charge on any atom is -0.334 e. The van der Waals surface area contributed by atoms with E-state index in [1.807, 2.05) is 23.1 Å². The average molecular weight is 369 g/mol. The molecule has 2 amide bonds. The van der Waals surface area contributed by atoms with Gasteiger partial charge >= 0.3 is 0 Å². The lowest BCUT2D eigenvalue weighted by Gasteiger charge is -2.23. The molecule has 136 valence electrons. The SMILES string of the molecule is CCCN(Cc1ccc(C)cc1)C(=O)c1ccc2c(c1)NC(=O)CCS2. The van der Waals surface area contributed by atoms with Gasteiger partial charge in [0.1, 0.15) is 0 Å². The van der Waals surface area contributed by atoms with Crippen LogP contribution in [0.25, 0.3) is 0 Å². The maximum Gasteiger partial charge on any atom is 0.254 e. The van der Waals surface area contributed by atoms with Crippen molar-refractivity contribution in [2.45, 2.75) is 38.1 Å². The Morgan fingerprint density at radius 3 is 2.69 bits per heavy atom. The summed E-state index contributed by atoms with van der Waals surface area (Å²) in [6, 6.07) is 13.9. The van der Waals surface area contributed by atoms with Crippen LogP contribution in [0.15, 0.2) is 47.4 Å². The molecule has 0 fully saturated rings. The van der Waals surface area contributed by atoms with Gasteiger partial charge in [-0.3, -0.25) is 9.59 Å². The van der Waals surface area contributed by atoms with Crippen LogP contribution >= 0.6 is 11.8 Å². The molecule has 2 aromatic carbocycles. The van der Waals surface area contributed by atoms with Gasteiger partial charge in [0, 0.05) is 35.7 Å². The van der Waals surface area contributed by atoms with Crippen molar-refractivity contribution in [3.05, 3.63) is 59.2 Å². The standard InChI is InChI=1S/C21H24N2O2S/c1-3-11-23(14-16-6-4-15(2)5-7-16)21(25)17-8-9-19-18(13-17)22-20(24)10-12-26-19/h4-9,13H,3,10-12,14H2,1-2H3,(H,22,24). The van der Waals surface area contributed by atoms with Crippen LogP contribution in [0.1, 0.15) is 41.3 Å². The van der Waals surface area contributed by atoms with E-state index < -0.39 is 0 Å². The number of benzene rings is 2. The molecular formula is C21H24N2O2S. The first-order chi connectivity index (χ1) is 12.6. The average Bonchev–Trinajstić information content (AvgIpc) is 2.82. The number of fused-ring (bicyclic) bond motifs is 1. The van der Waals surface area contributed by atoms with Crippen molar-refractivity contribution in [3.8, 4) is 0 Å². The van der Waals surface area contributed by atoms with E-state index in [2.05, 4.69) is 43.4 Å². The Balaban J connectivity index is 1.82. The van der Waals surface area contributed by atoms with Crippen LogP contribution < -0.4 is 5.32 Å². The van der Waals surface area contributed by atoms with Crippen molar-refractivity contribution >= 4 is 29.3 Å². The zero-order valence-electron chi connectivity index (χ0n) is 15.2. The molecule has 3 rings (SSSR count). The third-order valence-corrected chi connectivity index (χ3v) is 5.44. The van der Waals surface area contributed by atoms with E-state index in [4.69, 9.17) is 0 Å². The highest BCUT2D eigenvalue weighted by Crippen LogP contribution is 2.31. The largest absolute Gasteiger partial charge is 0.334 e. The van der Waals surface area contributed by atoms with Crippen LogP contribution in [-0.2, 0) is 11.3 Å². The highest BCUT2D eigenvalue weighted by atomic mass is 32.2. The first-order valence-corrected chi connectivity index (χ1v) is 9.97. The molecule has 1 aliphatic rings. The van der Waals surface area contributed by atoms with Gasteiger partial charge in [0.15, 0.2) is 0 Å². The van der Waals surface area contributed by atoms with Crippen molar-refractivity contribution in [2.75, 3.05) is 17.6 Å². The van der Waals surface area contributed by atoms with E-state index >= 15 is 0 Å². The number of carbonyl (C=O) groups is 2. The van der Waals surface area contributed by atoms with E-state index in [-0.39, 0.29) is 11.8 Å². The lowest BCUT2D eigenvalue weighted by atomic mass is 10.1. The van der Waals surface area contributed by atoms with Crippen LogP contribution in [0.4, 0.5) is 5.69 Å². The van der Waals surface area contributed by atoms with Crippen LogP contribution in [-0.4, -0.2) is 29.0 Å². The molecule has 1 aliphatic heterocycles. The first-order valence-electron chi connectivity index (χ1n) is 8.98. The molecule has 0 saturated carbocycles. The predicted octanol–water partition coefficient (Wildman–Crippen LogP) is 4.48. The molecule has 2 aromatic rings. The Hall–Kier alpha value is -2.27. The topological polar surface area (TPSA) is 49.4 Å². The maximum atomic E-state index is 13.1. The molecule has 1 heterocycles. The van der Waals surface area contributed by atoms with Gasteiger partial charge < -0.3 is 10.2 Å². The summed E-state index contributed by atoms with van der Waals surface area (Å²) in [7, 11) is 0. The Bertz CT molecular complexity index is 802. The Morgan fingerprint density at radius 1 is 1.19 bits per heavy atom. The second kappa shape index (κ2) is 8.41. The monoisotopic (exact) mass is 368 g/mol. The number of carbonyl (C=O) groups excluding carboxylic acids is 2. The number of hydrogen-bond acceptors (Lipinski definition) is 3. The highest BCUT2D eigenvalue weighted by Gasteiger charge is 2.19. The summed E-state index contributed by atoms with van der Waals surface area (Å²) in [6.07, 6.45) is 1.40. The molecule has 0 saturated heterocycles. The molecular weight excluding hydrogens is 344 g/mol. The molecule has 1 N–H and O–H groups in total. The molecule has 0 radical (unpaired) electrons. The van der Waals surface area contributed by atoms with Gasteiger partial charge in [0.05, 0.1) is 5.69 Å². The molecule has 0 bridgehead atoms. The summed E-state index contributed by atoms with van der Waals surface area (Å²) in [5, 5.41) is 2.91. The zero-order chi connectivity index (χ0) is 18.5. The molecule has 0 spiro atoms. The lowest BCUT2D eigenvalue weighted by molar-refractivity contribution is -0.115.